The number of ether oxygens (including phenoxy) is 1. The van der Waals surface area contributed by atoms with Crippen LogP contribution in [0.4, 0.5) is 0 Å². The number of aliphatic hydroxyl groups excluding tert-OH is 1. The first kappa shape index (κ1) is 32.1. The Morgan fingerprint density at radius 2 is 1.43 bits per heavy atom. The second-order valence-corrected chi connectivity index (χ2v) is 10.9. The predicted octanol–water partition coefficient (Wildman–Crippen LogP) is 2.92. The number of hydrogen-bond acceptors (Lipinski definition) is 6. The number of esters is 1. The zero-order valence-electron chi connectivity index (χ0n) is 23.5. The van der Waals surface area contributed by atoms with Crippen LogP contribution in [0.15, 0.2) is 24.3 Å². The number of nitrogens with one attached hydrogen (secondary N) is 3. The van der Waals surface area contributed by atoms with Crippen molar-refractivity contribution in [3.8, 4) is 0 Å². The smallest absolute Gasteiger partial charge is 0.328 e. The SMILES string of the molecule is COC(=O)[C@@H](NC(=O)c1cccc(C(=O)N[C@@H](CC(C)C)[C@@H](O)C[C@@H](C)C(=O)NCC(C)C)c1)C(C)C. The molecule has 37 heavy (non-hydrogen) atoms. The highest BCUT2D eigenvalue weighted by Crippen LogP contribution is 2.17. The second-order valence-electron chi connectivity index (χ2n) is 10.9. The molecule has 4 N–H and O–H groups in total. The van der Waals surface area contributed by atoms with Crippen molar-refractivity contribution < 1.29 is 29.0 Å². The molecule has 0 aliphatic heterocycles. The minimum Gasteiger partial charge on any atom is -0.467 e. The Bertz CT molecular complexity index is 915. The minimum atomic E-state index is -0.926. The van der Waals surface area contributed by atoms with E-state index in [9.17, 15) is 24.3 Å². The maximum atomic E-state index is 13.1. The Labute approximate surface area is 221 Å². The highest BCUT2D eigenvalue weighted by Gasteiger charge is 2.28. The average molecular weight is 520 g/mol. The number of hydrogen-bond donors (Lipinski definition) is 4. The molecule has 0 bridgehead atoms. The first-order valence-electron chi connectivity index (χ1n) is 13.0. The van der Waals surface area contributed by atoms with Crippen LogP contribution in [0.3, 0.4) is 0 Å². The molecule has 0 aliphatic rings. The molecule has 0 saturated carbocycles. The van der Waals surface area contributed by atoms with Gasteiger partial charge in [-0.3, -0.25) is 14.4 Å². The molecule has 0 fully saturated rings. The van der Waals surface area contributed by atoms with Gasteiger partial charge in [-0.15, -0.1) is 0 Å². The first-order chi connectivity index (χ1) is 17.3. The molecule has 0 aromatic heterocycles. The molecule has 3 amide bonds. The molecule has 0 saturated heterocycles. The van der Waals surface area contributed by atoms with E-state index in [0.29, 0.717) is 18.9 Å². The fourth-order valence-electron chi connectivity index (χ4n) is 3.84. The molecule has 1 aromatic carbocycles. The summed E-state index contributed by atoms with van der Waals surface area (Å²) in [7, 11) is 1.26. The molecule has 0 heterocycles. The van der Waals surface area contributed by atoms with E-state index in [2.05, 4.69) is 16.0 Å². The summed E-state index contributed by atoms with van der Waals surface area (Å²) in [6, 6.07) is 4.77. The lowest BCUT2D eigenvalue weighted by Gasteiger charge is -2.27. The van der Waals surface area contributed by atoms with Gasteiger partial charge in [-0.25, -0.2) is 4.79 Å². The summed E-state index contributed by atoms with van der Waals surface area (Å²) < 4.78 is 4.77. The molecule has 1 rings (SSSR count). The van der Waals surface area contributed by atoms with Gasteiger partial charge in [0, 0.05) is 23.6 Å². The van der Waals surface area contributed by atoms with Gasteiger partial charge in [0.05, 0.1) is 19.3 Å². The van der Waals surface area contributed by atoms with Gasteiger partial charge in [-0.2, -0.15) is 0 Å². The van der Waals surface area contributed by atoms with Crippen molar-refractivity contribution in [1.82, 2.24) is 16.0 Å². The maximum absolute atomic E-state index is 13.1. The minimum absolute atomic E-state index is 0.132. The lowest BCUT2D eigenvalue weighted by molar-refractivity contribution is -0.144. The van der Waals surface area contributed by atoms with Crippen LogP contribution in [-0.2, 0) is 14.3 Å². The molecule has 208 valence electrons. The van der Waals surface area contributed by atoms with Crippen molar-refractivity contribution in [2.45, 2.75) is 79.5 Å². The molecule has 0 aliphatic carbocycles. The lowest BCUT2D eigenvalue weighted by Crippen LogP contribution is -2.46. The van der Waals surface area contributed by atoms with Crippen LogP contribution in [0.1, 0.15) is 82.0 Å². The van der Waals surface area contributed by atoms with Gasteiger partial charge in [0.2, 0.25) is 5.91 Å². The standard InChI is InChI=1S/C28H45N3O6/c1-16(2)12-22(23(32)13-19(7)25(33)29-15-17(3)4)30-26(34)20-10-9-11-21(14-20)27(35)31-24(18(5)6)28(36)37-8/h9-11,14,16-19,22-24,32H,12-13,15H2,1-8H3,(H,29,33)(H,30,34)(H,31,35)/t19-,22+,23+,24+/m1/s1. The van der Waals surface area contributed by atoms with Crippen molar-refractivity contribution in [1.29, 1.82) is 0 Å². The molecular weight excluding hydrogens is 474 g/mol. The van der Waals surface area contributed by atoms with Crippen molar-refractivity contribution in [3.63, 3.8) is 0 Å². The van der Waals surface area contributed by atoms with Gasteiger partial charge >= 0.3 is 5.97 Å². The van der Waals surface area contributed by atoms with Gasteiger partial charge < -0.3 is 25.8 Å². The number of amides is 3. The van der Waals surface area contributed by atoms with Crippen LogP contribution in [0, 0.1) is 23.7 Å². The van der Waals surface area contributed by atoms with E-state index in [4.69, 9.17) is 4.74 Å². The molecule has 9 nitrogen and oxygen atoms in total. The highest BCUT2D eigenvalue weighted by molar-refractivity contribution is 6.01. The van der Waals surface area contributed by atoms with E-state index < -0.39 is 41.9 Å². The first-order valence-corrected chi connectivity index (χ1v) is 13.0. The number of aliphatic hydroxyl groups is 1. The van der Waals surface area contributed by atoms with Crippen LogP contribution in [0.25, 0.3) is 0 Å². The summed E-state index contributed by atoms with van der Waals surface area (Å²) in [5, 5.41) is 19.3. The Morgan fingerprint density at radius 3 is 1.92 bits per heavy atom. The number of methoxy groups -OCH3 is 1. The van der Waals surface area contributed by atoms with Crippen molar-refractivity contribution >= 4 is 23.7 Å². The fourth-order valence-corrected chi connectivity index (χ4v) is 3.84. The van der Waals surface area contributed by atoms with Crippen molar-refractivity contribution in [2.24, 2.45) is 23.7 Å². The van der Waals surface area contributed by atoms with E-state index in [1.807, 2.05) is 27.7 Å². The van der Waals surface area contributed by atoms with Crippen LogP contribution in [0.2, 0.25) is 0 Å². The third-order valence-corrected chi connectivity index (χ3v) is 6.03. The molecule has 1 aromatic rings. The summed E-state index contributed by atoms with van der Waals surface area (Å²) in [5.74, 6) is -1.71. The molecule has 9 heteroatoms. The number of carbonyl (C=O) groups excluding carboxylic acids is 4. The second kappa shape index (κ2) is 15.3. The van der Waals surface area contributed by atoms with Crippen molar-refractivity contribution in [3.05, 3.63) is 35.4 Å². The quantitative estimate of drug-likeness (QED) is 0.279. The molecule has 0 spiro atoms. The number of rotatable bonds is 14. The number of benzene rings is 1. The molecule has 0 radical (unpaired) electrons. The van der Waals surface area contributed by atoms with Gasteiger partial charge in [0.1, 0.15) is 6.04 Å². The van der Waals surface area contributed by atoms with E-state index in [0.717, 1.165) is 0 Å². The van der Waals surface area contributed by atoms with E-state index in [-0.39, 0.29) is 35.3 Å². The summed E-state index contributed by atoms with van der Waals surface area (Å²) in [6.45, 7) is 13.9. The van der Waals surface area contributed by atoms with Gasteiger partial charge in [0.15, 0.2) is 0 Å². The van der Waals surface area contributed by atoms with Gasteiger partial charge in [-0.1, -0.05) is 54.5 Å². The van der Waals surface area contributed by atoms with Crippen LogP contribution >= 0.6 is 0 Å². The summed E-state index contributed by atoms with van der Waals surface area (Å²) >= 11 is 0. The van der Waals surface area contributed by atoms with Crippen molar-refractivity contribution in [2.75, 3.05) is 13.7 Å². The highest BCUT2D eigenvalue weighted by atomic mass is 16.5. The molecule has 4 atom stereocenters. The van der Waals surface area contributed by atoms with Crippen LogP contribution in [0.5, 0.6) is 0 Å². The van der Waals surface area contributed by atoms with Crippen LogP contribution in [-0.4, -0.2) is 60.6 Å². The maximum Gasteiger partial charge on any atom is 0.328 e. The molecular formula is C28H45N3O6. The van der Waals surface area contributed by atoms with E-state index in [1.165, 1.54) is 13.2 Å². The summed E-state index contributed by atoms with van der Waals surface area (Å²) in [4.78, 5) is 50.3. The predicted molar refractivity (Wildman–Crippen MR) is 143 cm³/mol. The van der Waals surface area contributed by atoms with Gasteiger partial charge in [0.25, 0.3) is 11.8 Å². The number of carbonyl (C=O) groups is 4. The molecule has 0 unspecified atom stereocenters. The third-order valence-electron chi connectivity index (χ3n) is 6.03. The average Bonchev–Trinajstić information content (AvgIpc) is 2.84. The Balaban J connectivity index is 2.96. The topological polar surface area (TPSA) is 134 Å². The summed E-state index contributed by atoms with van der Waals surface area (Å²) in [6.07, 6.45) is -0.207. The zero-order valence-corrected chi connectivity index (χ0v) is 23.5. The Morgan fingerprint density at radius 1 is 0.865 bits per heavy atom. The third kappa shape index (κ3) is 10.9. The normalized spacial score (nSPS) is 14.6. The fraction of sp³-hybridized carbons (Fsp3) is 0.643. The Kier molecular flexibility index (Phi) is 13.3. The Hall–Kier alpha value is -2.94. The summed E-state index contributed by atoms with van der Waals surface area (Å²) in [5.41, 5.74) is 0.467. The largest absolute Gasteiger partial charge is 0.467 e. The van der Waals surface area contributed by atoms with E-state index >= 15 is 0 Å². The lowest BCUT2D eigenvalue weighted by atomic mass is 9.92. The van der Waals surface area contributed by atoms with Crippen LogP contribution < -0.4 is 16.0 Å². The zero-order chi connectivity index (χ0) is 28.3. The van der Waals surface area contributed by atoms with E-state index in [1.54, 1.807) is 39.0 Å². The van der Waals surface area contributed by atoms with Gasteiger partial charge in [-0.05, 0) is 48.8 Å². The monoisotopic (exact) mass is 519 g/mol.